The van der Waals surface area contributed by atoms with Crippen molar-refractivity contribution in [3.05, 3.63) is 24.3 Å². The van der Waals surface area contributed by atoms with Crippen molar-refractivity contribution in [2.45, 2.75) is 13.8 Å². The Morgan fingerprint density at radius 1 is 1.13 bits per heavy atom. The summed E-state index contributed by atoms with van der Waals surface area (Å²) >= 11 is 4.87. The van der Waals surface area contributed by atoms with Gasteiger partial charge in [-0.15, -0.1) is 0 Å². The molecule has 0 radical (unpaired) electrons. The Morgan fingerprint density at radius 3 is 1.40 bits per heavy atom. The van der Waals surface area contributed by atoms with E-state index in [1.165, 1.54) is 7.11 Å². The van der Waals surface area contributed by atoms with E-state index >= 15 is 0 Å². The highest BCUT2D eigenvalue weighted by atomic mass is 35.5. The lowest BCUT2D eigenvalue weighted by Gasteiger charge is -1.91. The fourth-order valence-electron chi connectivity index (χ4n) is 0.174. The monoisotopic (exact) mass is 236 g/mol. The van der Waals surface area contributed by atoms with Crippen LogP contribution in [0.2, 0.25) is 0 Å². The van der Waals surface area contributed by atoms with Crippen LogP contribution in [-0.4, -0.2) is 30.5 Å². The maximum Gasteiger partial charge on any atom is 0.332 e. The van der Waals surface area contributed by atoms with Crippen LogP contribution in [-0.2, 0) is 14.3 Å². The molecule has 0 saturated carbocycles. The number of allylic oxidation sites excluding steroid dienone is 1. The number of methoxy groups -OCH3 is 1. The number of hydrogen-bond acceptors (Lipinski definition) is 4. The van der Waals surface area contributed by atoms with E-state index in [4.69, 9.17) is 16.7 Å². The molecule has 0 saturated heterocycles. The first kappa shape index (κ1) is 19.4. The number of carbonyl (C=O) groups excluding carboxylic acids is 2. The molecule has 15 heavy (non-hydrogen) atoms. The number of esters is 1. The second-order valence-electron chi connectivity index (χ2n) is 2.33. The van der Waals surface area contributed by atoms with Crippen LogP contribution in [0, 0.1) is 0 Å². The van der Waals surface area contributed by atoms with Crippen LogP contribution in [0.5, 0.6) is 0 Å². The molecule has 0 aromatic carbocycles. The maximum absolute atomic E-state index is 10.2. The van der Waals surface area contributed by atoms with Crippen LogP contribution in [0.3, 0.4) is 0 Å². The largest absolute Gasteiger partial charge is 0.466 e. The first-order chi connectivity index (χ1) is 6.82. The molecule has 88 valence electrons. The number of rotatable bonds is 2. The molecule has 1 N–H and O–H groups in total. The normalized spacial score (nSPS) is 7.07. The SMILES string of the molecule is C=C(C)C(=O)Cl.C=C(C)C(=O)OC.CO. The summed E-state index contributed by atoms with van der Waals surface area (Å²) in [6, 6.07) is 0. The average molecular weight is 237 g/mol. The highest BCUT2D eigenvalue weighted by Gasteiger charge is 1.95. The first-order valence-corrected chi connectivity index (χ1v) is 4.24. The van der Waals surface area contributed by atoms with E-state index in [1.807, 2.05) is 0 Å². The van der Waals surface area contributed by atoms with Crippen molar-refractivity contribution in [3.63, 3.8) is 0 Å². The first-order valence-electron chi connectivity index (χ1n) is 3.86. The average Bonchev–Trinajstić information content (AvgIpc) is 2.20. The van der Waals surface area contributed by atoms with Gasteiger partial charge >= 0.3 is 5.97 Å². The minimum absolute atomic E-state index is 0.347. The van der Waals surface area contributed by atoms with Crippen LogP contribution in [0.1, 0.15) is 13.8 Å². The molecule has 5 heteroatoms. The van der Waals surface area contributed by atoms with Gasteiger partial charge in [0, 0.05) is 18.3 Å². The van der Waals surface area contributed by atoms with Gasteiger partial charge in [-0.1, -0.05) is 13.2 Å². The van der Waals surface area contributed by atoms with E-state index in [2.05, 4.69) is 17.9 Å². The van der Waals surface area contributed by atoms with Crippen LogP contribution in [0.25, 0.3) is 0 Å². The van der Waals surface area contributed by atoms with E-state index in [-0.39, 0.29) is 5.97 Å². The van der Waals surface area contributed by atoms with Crippen molar-refractivity contribution in [2.75, 3.05) is 14.2 Å². The highest BCUT2D eigenvalue weighted by Crippen LogP contribution is 1.91. The molecule has 0 amide bonds. The summed E-state index contributed by atoms with van der Waals surface area (Å²) in [7, 11) is 2.33. The lowest BCUT2D eigenvalue weighted by atomic mass is 10.4. The van der Waals surface area contributed by atoms with Gasteiger partial charge < -0.3 is 9.84 Å². The smallest absolute Gasteiger partial charge is 0.332 e. The van der Waals surface area contributed by atoms with Gasteiger partial charge in [0.05, 0.1) is 7.11 Å². The van der Waals surface area contributed by atoms with Crippen LogP contribution < -0.4 is 0 Å². The third kappa shape index (κ3) is 19.3. The second kappa shape index (κ2) is 12.9. The summed E-state index contributed by atoms with van der Waals surface area (Å²) in [6.45, 7) is 9.79. The molecular weight excluding hydrogens is 220 g/mol. The Morgan fingerprint density at radius 2 is 1.40 bits per heavy atom. The Balaban J connectivity index is -0.000000166. The molecule has 0 aromatic heterocycles. The number of hydrogen-bond donors (Lipinski definition) is 1. The summed E-state index contributed by atoms with van der Waals surface area (Å²) in [4.78, 5) is 20.0. The molecule has 0 aromatic rings. The molecule has 0 unspecified atom stereocenters. The Kier molecular flexibility index (Phi) is 16.7. The summed E-state index contributed by atoms with van der Waals surface area (Å²) in [5.41, 5.74) is 0.819. The maximum atomic E-state index is 10.2. The van der Waals surface area contributed by atoms with E-state index in [0.717, 1.165) is 7.11 Å². The molecule has 0 heterocycles. The van der Waals surface area contributed by atoms with Gasteiger partial charge in [0.25, 0.3) is 0 Å². The topological polar surface area (TPSA) is 63.6 Å². The summed E-state index contributed by atoms with van der Waals surface area (Å²) in [5, 5.41) is 6.54. The quantitative estimate of drug-likeness (QED) is 0.450. The summed E-state index contributed by atoms with van der Waals surface area (Å²) in [6.07, 6.45) is 0. The molecule has 0 aliphatic carbocycles. The number of carbonyl (C=O) groups is 2. The van der Waals surface area contributed by atoms with Crippen molar-refractivity contribution < 1.29 is 19.4 Å². The van der Waals surface area contributed by atoms with E-state index in [9.17, 15) is 9.59 Å². The predicted octanol–water partition coefficient (Wildman–Crippen LogP) is 1.67. The molecule has 0 fully saturated rings. The highest BCUT2D eigenvalue weighted by molar-refractivity contribution is 6.67. The van der Waals surface area contributed by atoms with E-state index < -0.39 is 5.24 Å². The van der Waals surface area contributed by atoms with Gasteiger partial charge in [-0.3, -0.25) is 4.79 Å². The van der Waals surface area contributed by atoms with Crippen LogP contribution in [0.4, 0.5) is 0 Å². The molecule has 0 rings (SSSR count). The Hall–Kier alpha value is -1.13. The van der Waals surface area contributed by atoms with Gasteiger partial charge in [0.15, 0.2) is 0 Å². The van der Waals surface area contributed by atoms with E-state index in [0.29, 0.717) is 11.1 Å². The van der Waals surface area contributed by atoms with Gasteiger partial charge in [-0.2, -0.15) is 0 Å². The third-order valence-corrected chi connectivity index (χ3v) is 1.19. The standard InChI is InChI=1S/C5H8O2.C4H5ClO.CH4O/c1-4(2)5(6)7-3;1-3(2)4(5)6;1-2/h1H2,2-3H3;1H2,2H3;2H,1H3. The van der Waals surface area contributed by atoms with Crippen molar-refractivity contribution >= 4 is 22.8 Å². The Bertz CT molecular complexity index is 222. The molecule has 0 spiro atoms. The number of aliphatic hydroxyl groups is 1. The van der Waals surface area contributed by atoms with Gasteiger partial charge in [-0.25, -0.2) is 4.79 Å². The zero-order chi connectivity index (χ0) is 13.0. The summed E-state index contributed by atoms with van der Waals surface area (Å²) in [5.74, 6) is -0.347. The molecular formula is C10H17ClO4. The predicted molar refractivity (Wildman–Crippen MR) is 60.6 cm³/mol. The van der Waals surface area contributed by atoms with Crippen molar-refractivity contribution in [1.29, 1.82) is 0 Å². The van der Waals surface area contributed by atoms with Crippen molar-refractivity contribution in [1.82, 2.24) is 0 Å². The fraction of sp³-hybridized carbons (Fsp3) is 0.400. The van der Waals surface area contributed by atoms with Crippen molar-refractivity contribution in [2.24, 2.45) is 0 Å². The van der Waals surface area contributed by atoms with Gasteiger partial charge in [0.2, 0.25) is 5.24 Å². The molecule has 0 atom stereocenters. The van der Waals surface area contributed by atoms with Crippen molar-refractivity contribution in [3.8, 4) is 0 Å². The zero-order valence-corrected chi connectivity index (χ0v) is 10.2. The van der Waals surface area contributed by atoms with Gasteiger partial charge in [0.1, 0.15) is 0 Å². The molecule has 0 bridgehead atoms. The second-order valence-corrected chi connectivity index (χ2v) is 2.67. The van der Waals surface area contributed by atoms with Crippen LogP contribution in [0.15, 0.2) is 24.3 Å². The number of halogens is 1. The fourth-order valence-corrected chi connectivity index (χ4v) is 0.174. The molecule has 0 aliphatic rings. The van der Waals surface area contributed by atoms with E-state index in [1.54, 1.807) is 13.8 Å². The zero-order valence-electron chi connectivity index (χ0n) is 9.46. The van der Waals surface area contributed by atoms with Gasteiger partial charge in [-0.05, 0) is 25.4 Å². The molecule has 4 nitrogen and oxygen atoms in total. The minimum atomic E-state index is -0.463. The number of aliphatic hydroxyl groups excluding tert-OH is 1. The lowest BCUT2D eigenvalue weighted by Crippen LogP contribution is -1.98. The third-order valence-electron chi connectivity index (χ3n) is 0.869. The lowest BCUT2D eigenvalue weighted by molar-refractivity contribution is -0.136. The minimum Gasteiger partial charge on any atom is -0.466 e. The van der Waals surface area contributed by atoms with Crippen LogP contribution >= 0.6 is 11.6 Å². The summed E-state index contributed by atoms with van der Waals surface area (Å²) < 4.78 is 4.27. The molecule has 0 aliphatic heterocycles. The Labute approximate surface area is 95.2 Å². The number of ether oxygens (including phenoxy) is 1.